The summed E-state index contributed by atoms with van der Waals surface area (Å²) in [5.41, 5.74) is 5.80. The van der Waals surface area contributed by atoms with E-state index in [2.05, 4.69) is 11.9 Å². The summed E-state index contributed by atoms with van der Waals surface area (Å²) in [4.78, 5) is 16.2. The van der Waals surface area contributed by atoms with Crippen molar-refractivity contribution in [3.05, 3.63) is 0 Å². The smallest absolute Gasteiger partial charge is 0.239 e. The van der Waals surface area contributed by atoms with Crippen LogP contribution in [0.3, 0.4) is 0 Å². The fourth-order valence-electron chi connectivity index (χ4n) is 2.60. The molecule has 1 amide bonds. The molecule has 4 nitrogen and oxygen atoms in total. The van der Waals surface area contributed by atoms with Gasteiger partial charge in [0.05, 0.1) is 6.04 Å². The summed E-state index contributed by atoms with van der Waals surface area (Å²) in [5, 5.41) is 0. The summed E-state index contributed by atoms with van der Waals surface area (Å²) in [6, 6.07) is 0.207. The summed E-state index contributed by atoms with van der Waals surface area (Å²) in [6.45, 7) is 3.12. The van der Waals surface area contributed by atoms with Crippen molar-refractivity contribution in [1.29, 1.82) is 0 Å². The van der Waals surface area contributed by atoms with Crippen LogP contribution in [0.4, 0.5) is 0 Å². The number of likely N-dealkylation sites (tertiary alicyclic amines) is 2. The Bertz CT molecular complexity index is 236. The van der Waals surface area contributed by atoms with E-state index in [1.54, 1.807) is 0 Å². The van der Waals surface area contributed by atoms with Crippen LogP contribution in [0.5, 0.6) is 0 Å². The first kappa shape index (κ1) is 10.9. The van der Waals surface area contributed by atoms with Crippen LogP contribution in [0.15, 0.2) is 0 Å². The number of nitrogens with zero attached hydrogens (tertiary/aromatic N) is 2. The average molecular weight is 211 g/mol. The predicted octanol–water partition coefficient (Wildman–Crippen LogP) is 0.0303. The molecule has 2 saturated heterocycles. The van der Waals surface area contributed by atoms with E-state index < -0.39 is 0 Å². The van der Waals surface area contributed by atoms with Crippen LogP contribution >= 0.6 is 0 Å². The van der Waals surface area contributed by atoms with Crippen molar-refractivity contribution in [2.45, 2.75) is 37.8 Å². The molecule has 0 aromatic heterocycles. The molecule has 0 aromatic rings. The highest BCUT2D eigenvalue weighted by Crippen LogP contribution is 2.20. The molecule has 0 radical (unpaired) electrons. The third-order valence-electron chi connectivity index (χ3n) is 3.64. The number of amides is 1. The van der Waals surface area contributed by atoms with E-state index in [4.69, 9.17) is 5.73 Å². The number of carbonyl (C=O) groups excluding carboxylic acids is 1. The summed E-state index contributed by atoms with van der Waals surface area (Å²) in [5.74, 6) is 0.177. The fourth-order valence-corrected chi connectivity index (χ4v) is 2.60. The molecule has 0 aromatic carbocycles. The van der Waals surface area contributed by atoms with Crippen molar-refractivity contribution < 1.29 is 4.79 Å². The molecular formula is C11H21N3O. The van der Waals surface area contributed by atoms with Gasteiger partial charge in [0.2, 0.25) is 5.91 Å². The lowest BCUT2D eigenvalue weighted by Crippen LogP contribution is -2.54. The molecule has 2 aliphatic rings. The second-order valence-electron chi connectivity index (χ2n) is 4.81. The van der Waals surface area contributed by atoms with E-state index in [1.807, 2.05) is 4.90 Å². The van der Waals surface area contributed by atoms with Gasteiger partial charge in [0.1, 0.15) is 0 Å². The van der Waals surface area contributed by atoms with E-state index in [0.717, 1.165) is 45.3 Å². The number of piperidine rings is 2. The zero-order valence-electron chi connectivity index (χ0n) is 9.48. The lowest BCUT2D eigenvalue weighted by molar-refractivity contribution is -0.138. The SMILES string of the molecule is CN1CCC(N2CCCC(N)C2=O)CC1. The maximum Gasteiger partial charge on any atom is 0.239 e. The molecule has 0 aliphatic carbocycles. The lowest BCUT2D eigenvalue weighted by atomic mass is 9.98. The number of nitrogens with two attached hydrogens (primary N) is 1. The number of hydrogen-bond acceptors (Lipinski definition) is 3. The van der Waals surface area contributed by atoms with Gasteiger partial charge < -0.3 is 15.5 Å². The van der Waals surface area contributed by atoms with Crippen LogP contribution in [-0.4, -0.2) is 54.5 Å². The quantitative estimate of drug-likeness (QED) is 0.666. The first-order chi connectivity index (χ1) is 7.18. The molecule has 0 saturated carbocycles. The van der Waals surface area contributed by atoms with Gasteiger partial charge in [0.25, 0.3) is 0 Å². The van der Waals surface area contributed by atoms with Crippen molar-refractivity contribution in [1.82, 2.24) is 9.80 Å². The Kier molecular flexibility index (Phi) is 3.26. The average Bonchev–Trinajstić information content (AvgIpc) is 2.24. The molecule has 0 spiro atoms. The number of carbonyl (C=O) groups is 1. The standard InChI is InChI=1S/C11H21N3O/c1-13-7-4-9(5-8-13)14-6-2-3-10(12)11(14)15/h9-10H,2-8,12H2,1H3. The molecule has 2 aliphatic heterocycles. The first-order valence-electron chi connectivity index (χ1n) is 5.93. The molecule has 0 bridgehead atoms. The third-order valence-corrected chi connectivity index (χ3v) is 3.64. The summed E-state index contributed by atoms with van der Waals surface area (Å²) in [6.07, 6.45) is 4.14. The minimum Gasteiger partial charge on any atom is -0.338 e. The molecule has 2 fully saturated rings. The lowest BCUT2D eigenvalue weighted by Gasteiger charge is -2.40. The van der Waals surface area contributed by atoms with E-state index in [-0.39, 0.29) is 11.9 Å². The number of hydrogen-bond donors (Lipinski definition) is 1. The van der Waals surface area contributed by atoms with E-state index in [1.165, 1.54) is 0 Å². The molecule has 4 heteroatoms. The van der Waals surface area contributed by atoms with Crippen molar-refractivity contribution in [3.63, 3.8) is 0 Å². The van der Waals surface area contributed by atoms with E-state index >= 15 is 0 Å². The highest BCUT2D eigenvalue weighted by molar-refractivity contribution is 5.82. The van der Waals surface area contributed by atoms with Crippen molar-refractivity contribution in [2.75, 3.05) is 26.7 Å². The zero-order valence-corrected chi connectivity index (χ0v) is 9.48. The third kappa shape index (κ3) is 2.32. The van der Waals surface area contributed by atoms with Crippen LogP contribution in [0.2, 0.25) is 0 Å². The Balaban J connectivity index is 1.94. The normalized spacial score (nSPS) is 30.9. The Morgan fingerprint density at radius 1 is 1.20 bits per heavy atom. The predicted molar refractivity (Wildman–Crippen MR) is 59.4 cm³/mol. The van der Waals surface area contributed by atoms with Gasteiger partial charge in [-0.15, -0.1) is 0 Å². The summed E-state index contributed by atoms with van der Waals surface area (Å²) < 4.78 is 0. The van der Waals surface area contributed by atoms with Crippen molar-refractivity contribution in [2.24, 2.45) is 5.73 Å². The Morgan fingerprint density at radius 2 is 1.87 bits per heavy atom. The first-order valence-corrected chi connectivity index (χ1v) is 5.93. The Labute approximate surface area is 91.4 Å². The second kappa shape index (κ2) is 4.49. The molecular weight excluding hydrogens is 190 g/mol. The highest BCUT2D eigenvalue weighted by Gasteiger charge is 2.32. The van der Waals surface area contributed by atoms with E-state index in [9.17, 15) is 4.79 Å². The zero-order chi connectivity index (χ0) is 10.8. The van der Waals surface area contributed by atoms with Crippen molar-refractivity contribution in [3.8, 4) is 0 Å². The highest BCUT2D eigenvalue weighted by atomic mass is 16.2. The maximum atomic E-state index is 11.9. The van der Waals surface area contributed by atoms with Crippen LogP contribution in [0.25, 0.3) is 0 Å². The van der Waals surface area contributed by atoms with E-state index in [0.29, 0.717) is 6.04 Å². The van der Waals surface area contributed by atoms with Crippen molar-refractivity contribution >= 4 is 5.91 Å². The Morgan fingerprint density at radius 3 is 2.53 bits per heavy atom. The fraction of sp³-hybridized carbons (Fsp3) is 0.909. The minimum absolute atomic E-state index is 0.177. The van der Waals surface area contributed by atoms with Gasteiger partial charge >= 0.3 is 0 Å². The topological polar surface area (TPSA) is 49.6 Å². The van der Waals surface area contributed by atoms with Gasteiger partial charge in [-0.25, -0.2) is 0 Å². The molecule has 86 valence electrons. The van der Waals surface area contributed by atoms with Gasteiger partial charge in [-0.05, 0) is 45.8 Å². The van der Waals surface area contributed by atoms with Crippen LogP contribution in [0.1, 0.15) is 25.7 Å². The van der Waals surface area contributed by atoms with Crippen LogP contribution < -0.4 is 5.73 Å². The Hall–Kier alpha value is -0.610. The summed E-state index contributed by atoms with van der Waals surface area (Å²) in [7, 11) is 2.14. The monoisotopic (exact) mass is 211 g/mol. The van der Waals surface area contributed by atoms with Gasteiger partial charge in [-0.3, -0.25) is 4.79 Å². The van der Waals surface area contributed by atoms with Crippen LogP contribution in [-0.2, 0) is 4.79 Å². The van der Waals surface area contributed by atoms with Gasteiger partial charge in [0, 0.05) is 12.6 Å². The largest absolute Gasteiger partial charge is 0.338 e. The summed E-state index contributed by atoms with van der Waals surface area (Å²) >= 11 is 0. The molecule has 2 rings (SSSR count). The van der Waals surface area contributed by atoms with Crippen LogP contribution in [0, 0.1) is 0 Å². The number of rotatable bonds is 1. The molecule has 1 atom stereocenters. The second-order valence-corrected chi connectivity index (χ2v) is 4.81. The molecule has 2 N–H and O–H groups in total. The van der Waals surface area contributed by atoms with Gasteiger partial charge in [-0.2, -0.15) is 0 Å². The molecule has 15 heavy (non-hydrogen) atoms. The maximum absolute atomic E-state index is 11.9. The van der Waals surface area contributed by atoms with Gasteiger partial charge in [-0.1, -0.05) is 0 Å². The molecule has 1 unspecified atom stereocenters. The van der Waals surface area contributed by atoms with Gasteiger partial charge in [0.15, 0.2) is 0 Å². The molecule has 2 heterocycles. The minimum atomic E-state index is -0.238.